The minimum Gasteiger partial charge on any atom is -0.493 e. The zero-order valence-corrected chi connectivity index (χ0v) is 17.8. The van der Waals surface area contributed by atoms with Gasteiger partial charge in [-0.15, -0.1) is 0 Å². The lowest BCUT2D eigenvalue weighted by atomic mass is 10.1. The molecule has 0 saturated heterocycles. The number of para-hydroxylation sites is 1. The highest BCUT2D eigenvalue weighted by atomic mass is 19.4. The van der Waals surface area contributed by atoms with Crippen molar-refractivity contribution in [1.82, 2.24) is 15.4 Å². The molecule has 33 heavy (non-hydrogen) atoms. The monoisotopic (exact) mass is 463 g/mol. The SMILES string of the molecule is CONC(=O)c1ccccc1Nc1nc(Nc2ccc(OC)c(OC)c2)ncc1C(F)(F)F. The molecule has 2 aromatic carbocycles. The number of hydrogen-bond acceptors (Lipinski definition) is 8. The lowest BCUT2D eigenvalue weighted by molar-refractivity contribution is -0.137. The smallest absolute Gasteiger partial charge is 0.421 e. The van der Waals surface area contributed by atoms with Crippen LogP contribution in [0.5, 0.6) is 11.5 Å². The Morgan fingerprint density at radius 3 is 2.36 bits per heavy atom. The molecule has 12 heteroatoms. The third-order valence-electron chi connectivity index (χ3n) is 4.35. The number of halogens is 3. The van der Waals surface area contributed by atoms with Gasteiger partial charge in [0.1, 0.15) is 11.4 Å². The van der Waals surface area contributed by atoms with Crippen LogP contribution in [0.2, 0.25) is 0 Å². The molecule has 0 unspecified atom stereocenters. The predicted molar refractivity (Wildman–Crippen MR) is 114 cm³/mol. The zero-order chi connectivity index (χ0) is 24.0. The number of rotatable bonds is 8. The summed E-state index contributed by atoms with van der Waals surface area (Å²) in [5, 5.41) is 5.41. The topological polar surface area (TPSA) is 107 Å². The number of carbonyl (C=O) groups is 1. The Labute approximate surface area is 186 Å². The molecule has 0 aliphatic heterocycles. The number of nitrogens with one attached hydrogen (secondary N) is 3. The van der Waals surface area contributed by atoms with Gasteiger partial charge in [0.2, 0.25) is 5.95 Å². The summed E-state index contributed by atoms with van der Waals surface area (Å²) >= 11 is 0. The van der Waals surface area contributed by atoms with E-state index in [1.54, 1.807) is 30.3 Å². The van der Waals surface area contributed by atoms with E-state index in [4.69, 9.17) is 9.47 Å². The number of hydroxylamine groups is 1. The number of benzene rings is 2. The van der Waals surface area contributed by atoms with Crippen LogP contribution in [0, 0.1) is 0 Å². The first-order valence-corrected chi connectivity index (χ1v) is 9.39. The van der Waals surface area contributed by atoms with Crippen molar-refractivity contribution < 1.29 is 32.3 Å². The fourth-order valence-corrected chi connectivity index (χ4v) is 2.85. The van der Waals surface area contributed by atoms with Gasteiger partial charge in [-0.05, 0) is 24.3 Å². The second kappa shape index (κ2) is 10.0. The molecule has 0 saturated carbocycles. The number of hydrogen-bond donors (Lipinski definition) is 3. The minimum absolute atomic E-state index is 0.0560. The maximum atomic E-state index is 13.6. The van der Waals surface area contributed by atoms with E-state index in [0.717, 1.165) is 0 Å². The summed E-state index contributed by atoms with van der Waals surface area (Å²) in [6.07, 6.45) is -4.09. The number of carbonyl (C=O) groups excluding carboxylic acids is 1. The number of aromatic nitrogens is 2. The highest BCUT2D eigenvalue weighted by molar-refractivity contribution is 5.99. The number of anilines is 4. The van der Waals surface area contributed by atoms with E-state index in [1.165, 1.54) is 33.5 Å². The van der Waals surface area contributed by atoms with Crippen LogP contribution in [0.4, 0.5) is 36.3 Å². The van der Waals surface area contributed by atoms with Crippen molar-refractivity contribution in [1.29, 1.82) is 0 Å². The number of alkyl halides is 3. The molecule has 0 bridgehead atoms. The van der Waals surface area contributed by atoms with Crippen molar-refractivity contribution in [2.45, 2.75) is 6.18 Å². The second-order valence-electron chi connectivity index (χ2n) is 6.45. The molecule has 0 spiro atoms. The van der Waals surface area contributed by atoms with E-state index in [1.807, 2.05) is 0 Å². The van der Waals surface area contributed by atoms with E-state index in [-0.39, 0.29) is 17.2 Å². The van der Waals surface area contributed by atoms with Gasteiger partial charge in [0.05, 0.1) is 32.6 Å². The van der Waals surface area contributed by atoms with Crippen molar-refractivity contribution in [2.75, 3.05) is 32.0 Å². The molecule has 0 aliphatic rings. The van der Waals surface area contributed by atoms with E-state index in [0.29, 0.717) is 23.4 Å². The van der Waals surface area contributed by atoms with Gasteiger partial charge >= 0.3 is 6.18 Å². The summed E-state index contributed by atoms with van der Waals surface area (Å²) in [6, 6.07) is 10.8. The molecular formula is C21H20F3N5O4. The highest BCUT2D eigenvalue weighted by Gasteiger charge is 2.35. The molecule has 3 rings (SSSR count). The summed E-state index contributed by atoms with van der Waals surface area (Å²) in [5.74, 6) is -0.419. The predicted octanol–water partition coefficient (Wildman–Crippen LogP) is 4.29. The molecule has 1 aromatic heterocycles. The fraction of sp³-hybridized carbons (Fsp3) is 0.190. The van der Waals surface area contributed by atoms with Crippen molar-refractivity contribution in [2.24, 2.45) is 0 Å². The van der Waals surface area contributed by atoms with Crippen molar-refractivity contribution >= 4 is 29.0 Å². The highest BCUT2D eigenvalue weighted by Crippen LogP contribution is 2.36. The van der Waals surface area contributed by atoms with E-state index < -0.39 is 23.5 Å². The van der Waals surface area contributed by atoms with Gasteiger partial charge in [-0.3, -0.25) is 9.63 Å². The molecular weight excluding hydrogens is 443 g/mol. The van der Waals surface area contributed by atoms with Crippen LogP contribution in [0.25, 0.3) is 0 Å². The quantitative estimate of drug-likeness (QED) is 0.425. The Morgan fingerprint density at radius 2 is 1.70 bits per heavy atom. The Balaban J connectivity index is 1.98. The van der Waals surface area contributed by atoms with E-state index >= 15 is 0 Å². The summed E-state index contributed by atoms with van der Waals surface area (Å²) in [4.78, 5) is 24.6. The van der Waals surface area contributed by atoms with Gasteiger partial charge in [-0.2, -0.15) is 18.2 Å². The first kappa shape index (κ1) is 23.6. The van der Waals surface area contributed by atoms with Crippen LogP contribution in [-0.4, -0.2) is 37.2 Å². The Morgan fingerprint density at radius 1 is 0.970 bits per heavy atom. The molecule has 0 radical (unpaired) electrons. The second-order valence-corrected chi connectivity index (χ2v) is 6.45. The van der Waals surface area contributed by atoms with Gasteiger partial charge in [-0.25, -0.2) is 10.5 Å². The number of methoxy groups -OCH3 is 2. The largest absolute Gasteiger partial charge is 0.493 e. The van der Waals surface area contributed by atoms with Gasteiger partial charge in [0.25, 0.3) is 5.91 Å². The van der Waals surface area contributed by atoms with Crippen molar-refractivity contribution in [3.63, 3.8) is 0 Å². The summed E-state index contributed by atoms with van der Waals surface area (Å²) < 4.78 is 51.2. The van der Waals surface area contributed by atoms with Crippen molar-refractivity contribution in [3.05, 3.63) is 59.8 Å². The molecule has 0 fully saturated rings. The Bertz CT molecular complexity index is 1140. The average Bonchev–Trinajstić information content (AvgIpc) is 2.79. The average molecular weight is 463 g/mol. The van der Waals surface area contributed by atoms with Gasteiger partial charge in [0.15, 0.2) is 11.5 Å². The van der Waals surface area contributed by atoms with E-state index in [9.17, 15) is 18.0 Å². The Hall–Kier alpha value is -4.06. The van der Waals surface area contributed by atoms with Crippen LogP contribution < -0.4 is 25.6 Å². The van der Waals surface area contributed by atoms with Gasteiger partial charge < -0.3 is 20.1 Å². The third-order valence-corrected chi connectivity index (χ3v) is 4.35. The first-order valence-electron chi connectivity index (χ1n) is 9.39. The maximum Gasteiger partial charge on any atom is 0.421 e. The molecule has 3 N–H and O–H groups in total. The van der Waals surface area contributed by atoms with Crippen LogP contribution in [-0.2, 0) is 11.0 Å². The molecule has 0 atom stereocenters. The number of nitrogens with zero attached hydrogens (tertiary/aromatic N) is 2. The summed E-state index contributed by atoms with van der Waals surface area (Å²) in [6.45, 7) is 0. The minimum atomic E-state index is -4.74. The number of ether oxygens (including phenoxy) is 2. The molecule has 174 valence electrons. The van der Waals surface area contributed by atoms with Gasteiger partial charge in [0, 0.05) is 18.0 Å². The molecule has 0 aliphatic carbocycles. The standard InChI is InChI=1S/C21H20F3N5O4/c1-31-16-9-8-12(10-17(16)32-2)26-20-25-11-14(21(22,23)24)18(28-20)27-15-7-5-4-6-13(15)19(30)29-33-3/h4-11H,1-3H3,(H,29,30)(H2,25,26,27,28). The van der Waals surface area contributed by atoms with E-state index in [2.05, 4.69) is 30.9 Å². The normalized spacial score (nSPS) is 11.0. The van der Waals surface area contributed by atoms with Crippen LogP contribution in [0.3, 0.4) is 0 Å². The molecule has 1 heterocycles. The fourth-order valence-electron chi connectivity index (χ4n) is 2.85. The van der Waals surface area contributed by atoms with Crippen LogP contribution in [0.15, 0.2) is 48.7 Å². The summed E-state index contributed by atoms with van der Waals surface area (Å²) in [7, 11) is 4.17. The lowest BCUT2D eigenvalue weighted by Gasteiger charge is -2.17. The molecule has 1 amide bonds. The number of amides is 1. The van der Waals surface area contributed by atoms with Gasteiger partial charge in [-0.1, -0.05) is 12.1 Å². The van der Waals surface area contributed by atoms with Crippen LogP contribution in [0.1, 0.15) is 15.9 Å². The van der Waals surface area contributed by atoms with Crippen molar-refractivity contribution in [3.8, 4) is 11.5 Å². The first-order chi connectivity index (χ1) is 15.8. The Kier molecular flexibility index (Phi) is 7.18. The van der Waals surface area contributed by atoms with Crippen LogP contribution >= 0.6 is 0 Å². The summed E-state index contributed by atoms with van der Waals surface area (Å²) in [5.41, 5.74) is 1.62. The zero-order valence-electron chi connectivity index (χ0n) is 17.8. The maximum absolute atomic E-state index is 13.6. The molecule has 3 aromatic rings. The lowest BCUT2D eigenvalue weighted by Crippen LogP contribution is -2.23. The molecule has 9 nitrogen and oxygen atoms in total. The third kappa shape index (κ3) is 5.60.